The van der Waals surface area contributed by atoms with Gasteiger partial charge in [-0.2, -0.15) is 5.26 Å². The first kappa shape index (κ1) is 13.2. The largest absolute Gasteiger partial charge is 0.399 e. The Hall–Kier alpha value is -1.26. The van der Waals surface area contributed by atoms with Gasteiger partial charge in [0.05, 0.1) is 16.9 Å². The zero-order valence-corrected chi connectivity index (χ0v) is 13.0. The number of nitrogens with two attached hydrogens (primary N) is 1. The molecule has 0 bridgehead atoms. The zero-order chi connectivity index (χ0) is 13.1. The molecule has 0 amide bonds. The minimum atomic E-state index is 0.603. The van der Waals surface area contributed by atoms with Gasteiger partial charge in [0.15, 0.2) is 0 Å². The van der Waals surface area contributed by atoms with Crippen LogP contribution in [0.1, 0.15) is 5.56 Å². The van der Waals surface area contributed by atoms with Gasteiger partial charge >= 0.3 is 0 Å². The highest BCUT2D eigenvalue weighted by Gasteiger charge is 2.05. The van der Waals surface area contributed by atoms with Gasteiger partial charge in [-0.25, -0.2) is 0 Å². The molecule has 0 saturated heterocycles. The summed E-state index contributed by atoms with van der Waals surface area (Å²) < 4.78 is 1.94. The average Bonchev–Trinajstić information content (AvgIpc) is 2.33. The molecule has 0 aliphatic carbocycles. The SMILES string of the molecule is N#Cc1ccc(Br)cc1Nc1ccc(N)cc1I. The summed E-state index contributed by atoms with van der Waals surface area (Å²) in [6, 6.07) is 13.3. The van der Waals surface area contributed by atoms with Gasteiger partial charge in [-0.1, -0.05) is 15.9 Å². The molecule has 3 nitrogen and oxygen atoms in total. The maximum Gasteiger partial charge on any atom is 0.101 e. The maximum atomic E-state index is 9.07. The van der Waals surface area contributed by atoms with Gasteiger partial charge in [0, 0.05) is 13.7 Å². The summed E-state index contributed by atoms with van der Waals surface area (Å²) in [7, 11) is 0. The lowest BCUT2D eigenvalue weighted by Crippen LogP contribution is -1.97. The molecule has 0 aliphatic heterocycles. The van der Waals surface area contributed by atoms with Crippen LogP contribution in [0, 0.1) is 14.9 Å². The quantitative estimate of drug-likeness (QED) is 0.571. The lowest BCUT2D eigenvalue weighted by molar-refractivity contribution is 1.44. The van der Waals surface area contributed by atoms with E-state index in [0.29, 0.717) is 5.56 Å². The van der Waals surface area contributed by atoms with E-state index in [4.69, 9.17) is 11.0 Å². The lowest BCUT2D eigenvalue weighted by Gasteiger charge is -2.11. The van der Waals surface area contributed by atoms with Crippen LogP contribution in [-0.4, -0.2) is 0 Å². The van der Waals surface area contributed by atoms with Crippen molar-refractivity contribution in [3.8, 4) is 6.07 Å². The van der Waals surface area contributed by atoms with Gasteiger partial charge in [-0.15, -0.1) is 0 Å². The fourth-order valence-electron chi connectivity index (χ4n) is 1.50. The average molecular weight is 414 g/mol. The van der Waals surface area contributed by atoms with Gasteiger partial charge in [0.2, 0.25) is 0 Å². The number of nitrogens with zero attached hydrogens (tertiary/aromatic N) is 1. The van der Waals surface area contributed by atoms with Crippen LogP contribution < -0.4 is 11.1 Å². The van der Waals surface area contributed by atoms with E-state index in [2.05, 4.69) is 49.9 Å². The molecule has 2 rings (SSSR count). The summed E-state index contributed by atoms with van der Waals surface area (Å²) in [4.78, 5) is 0. The van der Waals surface area contributed by atoms with Crippen LogP contribution in [-0.2, 0) is 0 Å². The standard InChI is InChI=1S/C13H9BrIN3/c14-9-2-1-8(7-16)13(5-9)18-12-4-3-10(17)6-11(12)15/h1-6,18H,17H2. The van der Waals surface area contributed by atoms with E-state index < -0.39 is 0 Å². The fourth-order valence-corrected chi connectivity index (χ4v) is 2.53. The van der Waals surface area contributed by atoms with Gasteiger partial charge in [0.1, 0.15) is 6.07 Å². The molecule has 0 fully saturated rings. The third-order valence-corrected chi connectivity index (χ3v) is 3.75. The first-order chi connectivity index (χ1) is 8.60. The predicted molar refractivity (Wildman–Crippen MR) is 85.7 cm³/mol. The van der Waals surface area contributed by atoms with Crippen LogP contribution in [0.4, 0.5) is 17.1 Å². The summed E-state index contributed by atoms with van der Waals surface area (Å²) >= 11 is 5.61. The van der Waals surface area contributed by atoms with Crippen molar-refractivity contribution in [3.05, 3.63) is 50.0 Å². The molecule has 2 aromatic rings. The van der Waals surface area contributed by atoms with Gasteiger partial charge in [-0.05, 0) is 59.0 Å². The van der Waals surface area contributed by atoms with Crippen LogP contribution in [0.2, 0.25) is 0 Å². The lowest BCUT2D eigenvalue weighted by atomic mass is 10.2. The summed E-state index contributed by atoms with van der Waals surface area (Å²) in [5, 5.41) is 12.3. The Kier molecular flexibility index (Phi) is 4.09. The first-order valence-corrected chi connectivity index (χ1v) is 6.99. The molecule has 2 aromatic carbocycles. The molecular formula is C13H9BrIN3. The van der Waals surface area contributed by atoms with Gasteiger partial charge < -0.3 is 11.1 Å². The third-order valence-electron chi connectivity index (χ3n) is 2.36. The Balaban J connectivity index is 2.40. The predicted octanol–water partition coefficient (Wildman–Crippen LogP) is 4.25. The second-order valence-electron chi connectivity index (χ2n) is 3.67. The van der Waals surface area contributed by atoms with E-state index >= 15 is 0 Å². The highest BCUT2D eigenvalue weighted by Crippen LogP contribution is 2.28. The number of rotatable bonds is 2. The topological polar surface area (TPSA) is 61.8 Å². The van der Waals surface area contributed by atoms with Gasteiger partial charge in [0.25, 0.3) is 0 Å². The van der Waals surface area contributed by atoms with Crippen molar-refractivity contribution in [2.24, 2.45) is 0 Å². The number of anilines is 3. The Bertz CT molecular complexity index is 635. The minimum Gasteiger partial charge on any atom is -0.399 e. The molecule has 3 N–H and O–H groups in total. The van der Waals surface area contributed by atoms with Crippen LogP contribution in [0.3, 0.4) is 0 Å². The third kappa shape index (κ3) is 2.94. The number of nitrogens with one attached hydrogen (secondary N) is 1. The number of halogens is 2. The number of nitriles is 1. The molecule has 0 aromatic heterocycles. The number of hydrogen-bond acceptors (Lipinski definition) is 3. The zero-order valence-electron chi connectivity index (χ0n) is 9.24. The van der Waals surface area contributed by atoms with E-state index in [0.717, 1.165) is 25.1 Å². The molecule has 0 radical (unpaired) electrons. The van der Waals surface area contributed by atoms with Crippen molar-refractivity contribution in [2.45, 2.75) is 0 Å². The molecule has 0 saturated carbocycles. The summed E-state index contributed by atoms with van der Waals surface area (Å²) in [6.07, 6.45) is 0. The van der Waals surface area contributed by atoms with Gasteiger partial charge in [-0.3, -0.25) is 0 Å². The normalized spacial score (nSPS) is 9.83. The molecule has 0 atom stereocenters. The van der Waals surface area contributed by atoms with E-state index in [1.807, 2.05) is 30.3 Å². The Morgan fingerprint density at radius 3 is 2.61 bits per heavy atom. The minimum absolute atomic E-state index is 0.603. The van der Waals surface area contributed by atoms with Crippen LogP contribution in [0.25, 0.3) is 0 Å². The first-order valence-electron chi connectivity index (χ1n) is 5.12. The van der Waals surface area contributed by atoms with Crippen LogP contribution in [0.15, 0.2) is 40.9 Å². The van der Waals surface area contributed by atoms with E-state index in [1.165, 1.54) is 0 Å². The van der Waals surface area contributed by atoms with Crippen molar-refractivity contribution in [1.29, 1.82) is 5.26 Å². The van der Waals surface area contributed by atoms with Crippen molar-refractivity contribution < 1.29 is 0 Å². The summed E-state index contributed by atoms with van der Waals surface area (Å²) in [6.45, 7) is 0. The molecule has 90 valence electrons. The molecule has 0 heterocycles. The second kappa shape index (κ2) is 5.59. The Morgan fingerprint density at radius 1 is 1.17 bits per heavy atom. The van der Waals surface area contributed by atoms with Crippen LogP contribution in [0.5, 0.6) is 0 Å². The molecule has 5 heteroatoms. The summed E-state index contributed by atoms with van der Waals surface area (Å²) in [5.74, 6) is 0. The highest BCUT2D eigenvalue weighted by molar-refractivity contribution is 14.1. The number of hydrogen-bond donors (Lipinski definition) is 2. The van der Waals surface area contributed by atoms with E-state index in [-0.39, 0.29) is 0 Å². The fraction of sp³-hybridized carbons (Fsp3) is 0. The van der Waals surface area contributed by atoms with E-state index in [1.54, 1.807) is 6.07 Å². The second-order valence-corrected chi connectivity index (χ2v) is 5.74. The molecule has 0 spiro atoms. The summed E-state index contributed by atoms with van der Waals surface area (Å²) in [5.41, 5.74) is 8.74. The maximum absolute atomic E-state index is 9.07. The molecular weight excluding hydrogens is 405 g/mol. The monoisotopic (exact) mass is 413 g/mol. The molecule has 0 unspecified atom stereocenters. The smallest absolute Gasteiger partial charge is 0.101 e. The van der Waals surface area contributed by atoms with Crippen molar-refractivity contribution in [1.82, 2.24) is 0 Å². The van der Waals surface area contributed by atoms with Crippen LogP contribution >= 0.6 is 38.5 Å². The van der Waals surface area contributed by atoms with E-state index in [9.17, 15) is 0 Å². The van der Waals surface area contributed by atoms with Crippen molar-refractivity contribution in [2.75, 3.05) is 11.1 Å². The van der Waals surface area contributed by atoms with Crippen molar-refractivity contribution in [3.63, 3.8) is 0 Å². The Morgan fingerprint density at radius 2 is 1.94 bits per heavy atom. The van der Waals surface area contributed by atoms with Crippen molar-refractivity contribution >= 4 is 55.6 Å². The molecule has 18 heavy (non-hydrogen) atoms. The number of benzene rings is 2. The number of nitrogen functional groups attached to an aromatic ring is 1. The highest BCUT2D eigenvalue weighted by atomic mass is 127. The molecule has 0 aliphatic rings. The Labute approximate surface area is 127 Å².